The minimum atomic E-state index is -0.513. The number of nitrogens with zero attached hydrogens (tertiary/aromatic N) is 1. The Balaban J connectivity index is 4.13. The summed E-state index contributed by atoms with van der Waals surface area (Å²) in [6.07, 6.45) is 2.86. The van der Waals surface area contributed by atoms with Gasteiger partial charge < -0.3 is 24.4 Å². The van der Waals surface area contributed by atoms with Crippen molar-refractivity contribution in [1.82, 2.24) is 10.2 Å². The SMILES string of the molecule is CCOCCCN(CC(=O)OCC)C(=O)CCCCCNC(=O)OC(C)(C)C. The van der Waals surface area contributed by atoms with E-state index >= 15 is 0 Å². The predicted octanol–water partition coefficient (Wildman–Crippen LogP) is 2.89. The van der Waals surface area contributed by atoms with Crippen molar-refractivity contribution in [2.24, 2.45) is 0 Å². The summed E-state index contributed by atoms with van der Waals surface area (Å²) in [5, 5.41) is 2.70. The highest BCUT2D eigenvalue weighted by atomic mass is 16.6. The van der Waals surface area contributed by atoms with Gasteiger partial charge in [0, 0.05) is 32.7 Å². The van der Waals surface area contributed by atoms with E-state index in [-0.39, 0.29) is 12.5 Å². The van der Waals surface area contributed by atoms with Crippen molar-refractivity contribution < 1.29 is 28.6 Å². The maximum absolute atomic E-state index is 12.4. The number of hydrogen-bond acceptors (Lipinski definition) is 6. The van der Waals surface area contributed by atoms with Crippen molar-refractivity contribution in [3.05, 3.63) is 0 Å². The Kier molecular flexibility index (Phi) is 14.1. The first-order valence-electron chi connectivity index (χ1n) is 10.2. The number of nitrogens with one attached hydrogen (secondary N) is 1. The van der Waals surface area contributed by atoms with E-state index in [0.717, 1.165) is 12.8 Å². The minimum Gasteiger partial charge on any atom is -0.465 e. The van der Waals surface area contributed by atoms with Gasteiger partial charge in [-0.3, -0.25) is 9.59 Å². The molecule has 0 aromatic rings. The number of ether oxygens (including phenoxy) is 3. The number of carbonyl (C=O) groups excluding carboxylic acids is 3. The lowest BCUT2D eigenvalue weighted by atomic mass is 10.1. The van der Waals surface area contributed by atoms with E-state index in [1.54, 1.807) is 6.92 Å². The molecular weight excluding hydrogens is 364 g/mol. The normalized spacial score (nSPS) is 11.0. The molecule has 0 saturated heterocycles. The number of esters is 1. The first-order chi connectivity index (χ1) is 13.2. The first kappa shape index (κ1) is 26.2. The van der Waals surface area contributed by atoms with E-state index in [1.165, 1.54) is 4.90 Å². The van der Waals surface area contributed by atoms with Gasteiger partial charge in [0.1, 0.15) is 12.1 Å². The molecule has 0 radical (unpaired) electrons. The Morgan fingerprint density at radius 1 is 0.964 bits per heavy atom. The van der Waals surface area contributed by atoms with Crippen molar-refractivity contribution in [2.75, 3.05) is 39.5 Å². The second-order valence-electron chi connectivity index (χ2n) is 7.41. The van der Waals surface area contributed by atoms with Crippen LogP contribution in [0.2, 0.25) is 0 Å². The van der Waals surface area contributed by atoms with Gasteiger partial charge in [-0.2, -0.15) is 0 Å². The third-order valence-electron chi connectivity index (χ3n) is 3.63. The van der Waals surface area contributed by atoms with Crippen LogP contribution in [0.3, 0.4) is 0 Å². The fourth-order valence-electron chi connectivity index (χ4n) is 2.40. The molecule has 164 valence electrons. The Labute approximate surface area is 169 Å². The number of hydrogen-bond donors (Lipinski definition) is 1. The van der Waals surface area contributed by atoms with Crippen LogP contribution in [-0.4, -0.2) is 67.9 Å². The van der Waals surface area contributed by atoms with Crippen LogP contribution < -0.4 is 5.32 Å². The molecule has 0 aromatic carbocycles. The van der Waals surface area contributed by atoms with E-state index in [9.17, 15) is 14.4 Å². The van der Waals surface area contributed by atoms with Gasteiger partial charge in [0.2, 0.25) is 5.91 Å². The van der Waals surface area contributed by atoms with Crippen molar-refractivity contribution in [2.45, 2.75) is 72.3 Å². The molecule has 0 unspecified atom stereocenters. The molecule has 0 aliphatic rings. The Hall–Kier alpha value is -1.83. The predicted molar refractivity (Wildman–Crippen MR) is 107 cm³/mol. The summed E-state index contributed by atoms with van der Waals surface area (Å²) in [4.78, 5) is 37.2. The van der Waals surface area contributed by atoms with Gasteiger partial charge in [0.15, 0.2) is 0 Å². The fourth-order valence-corrected chi connectivity index (χ4v) is 2.40. The summed E-state index contributed by atoms with van der Waals surface area (Å²) in [5.41, 5.74) is -0.513. The molecule has 8 heteroatoms. The lowest BCUT2D eigenvalue weighted by Crippen LogP contribution is -2.37. The van der Waals surface area contributed by atoms with Gasteiger partial charge in [-0.05, 0) is 53.9 Å². The summed E-state index contributed by atoms with van der Waals surface area (Å²) >= 11 is 0. The summed E-state index contributed by atoms with van der Waals surface area (Å²) in [6.45, 7) is 11.5. The van der Waals surface area contributed by atoms with Crippen LogP contribution in [0, 0.1) is 0 Å². The van der Waals surface area contributed by atoms with Crippen LogP contribution in [0.5, 0.6) is 0 Å². The van der Waals surface area contributed by atoms with Gasteiger partial charge in [-0.25, -0.2) is 4.79 Å². The molecule has 0 spiro atoms. The van der Waals surface area contributed by atoms with Crippen molar-refractivity contribution in [3.63, 3.8) is 0 Å². The van der Waals surface area contributed by atoms with Crippen LogP contribution in [0.4, 0.5) is 4.79 Å². The molecule has 0 aliphatic carbocycles. The monoisotopic (exact) mass is 402 g/mol. The summed E-state index contributed by atoms with van der Waals surface area (Å²) in [7, 11) is 0. The maximum atomic E-state index is 12.4. The van der Waals surface area contributed by atoms with Crippen LogP contribution >= 0.6 is 0 Å². The first-order valence-corrected chi connectivity index (χ1v) is 10.2. The van der Waals surface area contributed by atoms with Gasteiger partial charge in [0.25, 0.3) is 0 Å². The number of carbonyl (C=O) groups is 3. The molecule has 0 fully saturated rings. The molecule has 28 heavy (non-hydrogen) atoms. The maximum Gasteiger partial charge on any atom is 0.407 e. The van der Waals surface area contributed by atoms with E-state index in [4.69, 9.17) is 14.2 Å². The summed E-state index contributed by atoms with van der Waals surface area (Å²) in [5.74, 6) is -0.460. The van der Waals surface area contributed by atoms with Crippen molar-refractivity contribution in [3.8, 4) is 0 Å². The van der Waals surface area contributed by atoms with E-state index in [0.29, 0.717) is 52.2 Å². The molecule has 0 aliphatic heterocycles. The van der Waals surface area contributed by atoms with Gasteiger partial charge in [-0.1, -0.05) is 6.42 Å². The molecule has 1 N–H and O–H groups in total. The Morgan fingerprint density at radius 3 is 2.29 bits per heavy atom. The zero-order valence-electron chi connectivity index (χ0n) is 18.2. The van der Waals surface area contributed by atoms with Crippen LogP contribution in [0.25, 0.3) is 0 Å². The number of unbranched alkanes of at least 4 members (excludes halogenated alkanes) is 2. The highest BCUT2D eigenvalue weighted by Gasteiger charge is 2.18. The van der Waals surface area contributed by atoms with Crippen molar-refractivity contribution in [1.29, 1.82) is 0 Å². The second-order valence-corrected chi connectivity index (χ2v) is 7.41. The molecular formula is C20H38N2O6. The Morgan fingerprint density at radius 2 is 1.68 bits per heavy atom. The molecule has 0 heterocycles. The molecule has 0 rings (SSSR count). The lowest BCUT2D eigenvalue weighted by Gasteiger charge is -2.22. The average molecular weight is 403 g/mol. The average Bonchev–Trinajstić information content (AvgIpc) is 2.59. The zero-order valence-corrected chi connectivity index (χ0v) is 18.2. The smallest absolute Gasteiger partial charge is 0.407 e. The zero-order chi connectivity index (χ0) is 21.4. The lowest BCUT2D eigenvalue weighted by molar-refractivity contribution is -0.149. The Bertz CT molecular complexity index is 462. The molecule has 0 bridgehead atoms. The van der Waals surface area contributed by atoms with E-state index < -0.39 is 17.7 Å². The summed E-state index contributed by atoms with van der Waals surface area (Å²) in [6, 6.07) is 0. The number of alkyl carbamates (subject to hydrolysis) is 1. The largest absolute Gasteiger partial charge is 0.465 e. The number of rotatable bonds is 14. The quantitative estimate of drug-likeness (QED) is 0.355. The van der Waals surface area contributed by atoms with Gasteiger partial charge in [0.05, 0.1) is 6.61 Å². The molecule has 2 amide bonds. The van der Waals surface area contributed by atoms with E-state index in [1.807, 2.05) is 27.7 Å². The third kappa shape index (κ3) is 15.2. The summed E-state index contributed by atoms with van der Waals surface area (Å²) < 4.78 is 15.4. The van der Waals surface area contributed by atoms with Crippen LogP contribution in [0.15, 0.2) is 0 Å². The molecule has 0 saturated carbocycles. The highest BCUT2D eigenvalue weighted by molar-refractivity contribution is 5.82. The topological polar surface area (TPSA) is 94.2 Å². The minimum absolute atomic E-state index is 0.0288. The van der Waals surface area contributed by atoms with Gasteiger partial charge >= 0.3 is 12.1 Å². The van der Waals surface area contributed by atoms with E-state index in [2.05, 4.69) is 5.32 Å². The molecule has 8 nitrogen and oxygen atoms in total. The molecule has 0 atom stereocenters. The van der Waals surface area contributed by atoms with Crippen LogP contribution in [-0.2, 0) is 23.8 Å². The molecule has 0 aromatic heterocycles. The fraction of sp³-hybridized carbons (Fsp3) is 0.850. The third-order valence-corrected chi connectivity index (χ3v) is 3.63. The highest BCUT2D eigenvalue weighted by Crippen LogP contribution is 2.07. The van der Waals surface area contributed by atoms with Crippen molar-refractivity contribution >= 4 is 18.0 Å². The second kappa shape index (κ2) is 15.1. The van der Waals surface area contributed by atoms with Gasteiger partial charge in [-0.15, -0.1) is 0 Å². The standard InChI is InChI=1S/C20H38N2O6/c1-6-26-15-11-14-22(16-18(24)27-7-2)17(23)12-9-8-10-13-21-19(25)28-20(3,4)5/h6-16H2,1-5H3,(H,21,25). The number of amides is 2. The van der Waals surface area contributed by atoms with Crippen LogP contribution in [0.1, 0.15) is 66.7 Å².